The lowest BCUT2D eigenvalue weighted by atomic mass is 10.2. The van der Waals surface area contributed by atoms with Gasteiger partial charge in [0.1, 0.15) is 0 Å². The van der Waals surface area contributed by atoms with Crippen molar-refractivity contribution in [3.8, 4) is 5.75 Å². The first-order valence-corrected chi connectivity index (χ1v) is 8.37. The highest BCUT2D eigenvalue weighted by atomic mass is 127. The quantitative estimate of drug-likeness (QED) is 0.184. The van der Waals surface area contributed by atoms with Gasteiger partial charge in [-0.25, -0.2) is 13.6 Å². The van der Waals surface area contributed by atoms with Crippen LogP contribution < -0.4 is 4.74 Å². The first-order valence-electron chi connectivity index (χ1n) is 5.85. The maximum absolute atomic E-state index is 13.7. The number of carbonyl (C=O) groups excluding carboxylic acids is 1. The number of esters is 1. The lowest BCUT2D eigenvalue weighted by Crippen LogP contribution is -2.15. The largest absolute Gasteiger partial charge is 0.416 e. The van der Waals surface area contributed by atoms with Crippen LogP contribution >= 0.6 is 22.6 Å². The van der Waals surface area contributed by atoms with Crippen molar-refractivity contribution < 1.29 is 40.1 Å². The monoisotopic (exact) mass is 476 g/mol. The molecular formula is C13H5F4IO5S. The Balaban J connectivity index is 2.52. The second kappa shape index (κ2) is 6.64. The molecule has 5 nitrogen and oxygen atoms in total. The highest BCUT2D eigenvalue weighted by molar-refractivity contribution is 14.1. The SMILES string of the molecule is O=C(Oc1c(F)c(F)c(S(=O)(=O)O)c(F)c1F)c1ccc(I)cc1. The Bertz CT molecular complexity index is 899. The Morgan fingerprint density at radius 2 is 1.42 bits per heavy atom. The number of benzene rings is 2. The molecule has 0 radical (unpaired) electrons. The van der Waals surface area contributed by atoms with Gasteiger partial charge >= 0.3 is 16.1 Å². The van der Waals surface area contributed by atoms with Crippen LogP contribution in [-0.4, -0.2) is 18.9 Å². The zero-order valence-electron chi connectivity index (χ0n) is 11.2. The van der Waals surface area contributed by atoms with Crippen molar-refractivity contribution >= 4 is 38.7 Å². The zero-order valence-corrected chi connectivity index (χ0v) is 14.2. The molecule has 0 saturated heterocycles. The highest BCUT2D eigenvalue weighted by Crippen LogP contribution is 2.32. The van der Waals surface area contributed by atoms with E-state index in [9.17, 15) is 30.8 Å². The lowest BCUT2D eigenvalue weighted by molar-refractivity contribution is 0.0716. The molecular weight excluding hydrogens is 471 g/mol. The molecule has 0 heterocycles. The van der Waals surface area contributed by atoms with Gasteiger partial charge < -0.3 is 4.74 Å². The number of hydrogen-bond donors (Lipinski definition) is 1. The van der Waals surface area contributed by atoms with E-state index in [1.54, 1.807) is 0 Å². The van der Waals surface area contributed by atoms with Gasteiger partial charge in [0.25, 0.3) is 0 Å². The summed E-state index contributed by atoms with van der Waals surface area (Å²) in [5.41, 5.74) is -0.172. The fourth-order valence-electron chi connectivity index (χ4n) is 1.65. The van der Waals surface area contributed by atoms with Gasteiger partial charge in [-0.1, -0.05) is 0 Å². The number of rotatable bonds is 3. The standard InChI is InChI=1S/C13H5F4IO5S/c14-7-9(16)12(24(20,21)22)10(17)8(15)11(7)23-13(19)5-1-3-6(18)4-2-5/h1-4H,(H,20,21,22). The molecule has 0 bridgehead atoms. The van der Waals surface area contributed by atoms with Crippen LogP contribution in [0.3, 0.4) is 0 Å². The lowest BCUT2D eigenvalue weighted by Gasteiger charge is -2.10. The summed E-state index contributed by atoms with van der Waals surface area (Å²) in [4.78, 5) is 9.55. The van der Waals surface area contributed by atoms with Crippen LogP contribution in [0.1, 0.15) is 10.4 Å². The topological polar surface area (TPSA) is 80.7 Å². The smallest absolute Gasteiger partial charge is 0.343 e. The average molecular weight is 476 g/mol. The molecule has 0 amide bonds. The van der Waals surface area contributed by atoms with Crippen LogP contribution in [0.2, 0.25) is 0 Å². The predicted octanol–water partition coefficient (Wildman–Crippen LogP) is 3.31. The third-order valence-electron chi connectivity index (χ3n) is 2.72. The van der Waals surface area contributed by atoms with Gasteiger partial charge in [-0.15, -0.1) is 0 Å². The molecule has 24 heavy (non-hydrogen) atoms. The predicted molar refractivity (Wildman–Crippen MR) is 80.2 cm³/mol. The van der Waals surface area contributed by atoms with Crippen LogP contribution in [-0.2, 0) is 10.1 Å². The van der Waals surface area contributed by atoms with Crippen LogP contribution in [0.4, 0.5) is 17.6 Å². The van der Waals surface area contributed by atoms with Crippen molar-refractivity contribution in [3.63, 3.8) is 0 Å². The van der Waals surface area contributed by atoms with E-state index in [-0.39, 0.29) is 5.56 Å². The number of ether oxygens (including phenoxy) is 1. The summed E-state index contributed by atoms with van der Waals surface area (Å²) in [6.45, 7) is 0. The molecule has 2 rings (SSSR count). The fourth-order valence-corrected chi connectivity index (χ4v) is 2.64. The third kappa shape index (κ3) is 3.52. The van der Waals surface area contributed by atoms with Crippen molar-refractivity contribution in [3.05, 3.63) is 56.7 Å². The van der Waals surface area contributed by atoms with Crippen LogP contribution in [0.5, 0.6) is 5.75 Å². The molecule has 0 unspecified atom stereocenters. The first-order chi connectivity index (χ1) is 11.0. The minimum atomic E-state index is -5.58. The van der Waals surface area contributed by atoms with Gasteiger partial charge in [-0.2, -0.15) is 17.2 Å². The Labute approximate surface area is 146 Å². The maximum Gasteiger partial charge on any atom is 0.343 e. The van der Waals surface area contributed by atoms with Crippen LogP contribution in [0.25, 0.3) is 0 Å². The summed E-state index contributed by atoms with van der Waals surface area (Å²) >= 11 is 1.92. The molecule has 2 aromatic carbocycles. The molecule has 0 aliphatic carbocycles. The second-order valence-corrected chi connectivity index (χ2v) is 6.89. The Morgan fingerprint density at radius 3 is 1.83 bits per heavy atom. The molecule has 0 aromatic heterocycles. The number of hydrogen-bond acceptors (Lipinski definition) is 4. The molecule has 0 fully saturated rings. The summed E-state index contributed by atoms with van der Waals surface area (Å²) in [5.74, 6) is -12.5. The molecule has 11 heteroatoms. The molecule has 0 saturated carbocycles. The first kappa shape index (κ1) is 18.6. The molecule has 128 valence electrons. The van der Waals surface area contributed by atoms with Crippen molar-refractivity contribution in [2.45, 2.75) is 4.90 Å². The van der Waals surface area contributed by atoms with Crippen molar-refractivity contribution in [2.75, 3.05) is 0 Å². The minimum Gasteiger partial charge on any atom is -0.416 e. The molecule has 1 N–H and O–H groups in total. The summed E-state index contributed by atoms with van der Waals surface area (Å²) in [7, 11) is -5.58. The van der Waals surface area contributed by atoms with E-state index in [4.69, 9.17) is 4.55 Å². The van der Waals surface area contributed by atoms with E-state index < -0.39 is 50.0 Å². The van der Waals surface area contributed by atoms with Gasteiger partial charge in [-0.05, 0) is 46.9 Å². The number of carbonyl (C=O) groups is 1. The van der Waals surface area contributed by atoms with Gasteiger partial charge in [0, 0.05) is 3.57 Å². The Morgan fingerprint density at radius 1 is 0.958 bits per heavy atom. The van der Waals surface area contributed by atoms with Gasteiger partial charge in [0.15, 0.2) is 16.5 Å². The molecule has 0 aliphatic rings. The minimum absolute atomic E-state index is 0.172. The van der Waals surface area contributed by atoms with Crippen molar-refractivity contribution in [1.29, 1.82) is 0 Å². The summed E-state index contributed by atoms with van der Waals surface area (Å²) < 4.78 is 89.9. The van der Waals surface area contributed by atoms with E-state index in [1.165, 1.54) is 24.3 Å². The molecule has 0 atom stereocenters. The third-order valence-corrected chi connectivity index (χ3v) is 4.31. The Hall–Kier alpha value is -1.73. The second-order valence-electron chi connectivity index (χ2n) is 4.29. The molecule has 2 aromatic rings. The fraction of sp³-hybridized carbons (Fsp3) is 0. The Kier molecular flexibility index (Phi) is 5.15. The van der Waals surface area contributed by atoms with E-state index in [0.29, 0.717) is 0 Å². The highest BCUT2D eigenvalue weighted by Gasteiger charge is 2.34. The normalized spacial score (nSPS) is 11.4. The van der Waals surface area contributed by atoms with Gasteiger partial charge in [0.05, 0.1) is 5.56 Å². The van der Waals surface area contributed by atoms with E-state index >= 15 is 0 Å². The van der Waals surface area contributed by atoms with Crippen molar-refractivity contribution in [1.82, 2.24) is 0 Å². The van der Waals surface area contributed by atoms with Crippen molar-refractivity contribution in [2.24, 2.45) is 0 Å². The van der Waals surface area contributed by atoms with Gasteiger partial charge in [0.2, 0.25) is 17.4 Å². The van der Waals surface area contributed by atoms with Crippen LogP contribution in [0.15, 0.2) is 29.2 Å². The van der Waals surface area contributed by atoms with Crippen LogP contribution in [0, 0.1) is 26.8 Å². The van der Waals surface area contributed by atoms with E-state index in [2.05, 4.69) is 4.74 Å². The maximum atomic E-state index is 13.7. The van der Waals surface area contributed by atoms with E-state index in [0.717, 1.165) is 3.57 Å². The average Bonchev–Trinajstić information content (AvgIpc) is 2.49. The number of halogens is 5. The summed E-state index contributed by atoms with van der Waals surface area (Å²) in [5, 5.41) is 0. The van der Waals surface area contributed by atoms with E-state index in [1.807, 2.05) is 22.6 Å². The summed E-state index contributed by atoms with van der Waals surface area (Å²) in [6, 6.07) is 5.40. The molecule has 0 spiro atoms. The van der Waals surface area contributed by atoms with Gasteiger partial charge in [-0.3, -0.25) is 4.55 Å². The zero-order chi connectivity index (χ0) is 18.2. The summed E-state index contributed by atoms with van der Waals surface area (Å²) in [6.07, 6.45) is 0. The molecule has 0 aliphatic heterocycles.